The standard InChI is InChI=1S/C54H33B2NS4/c1-4-16-34(17-5-1)39-22-10-11-23-40(39)35-28-49-53-50(29-35)60-47-33-48-44(32-43(47)55(53)41-24-12-14-26-45(41)58-49)56-42-25-13-15-27-46(42)59-51-30-38(31-52(61-48)54(51)56)57(36-18-6-2-7-19-36)37-20-8-3-9-21-37/h1-33H. The van der Waals surface area contributed by atoms with E-state index in [0.717, 1.165) is 11.4 Å². The zero-order chi connectivity index (χ0) is 40.0. The van der Waals surface area contributed by atoms with Crippen molar-refractivity contribution in [2.45, 2.75) is 39.2 Å². The van der Waals surface area contributed by atoms with Gasteiger partial charge in [0.25, 0.3) is 0 Å². The van der Waals surface area contributed by atoms with Crippen LogP contribution in [0.15, 0.2) is 239 Å². The highest BCUT2D eigenvalue weighted by atomic mass is 32.2. The zero-order valence-electron chi connectivity index (χ0n) is 32.8. The summed E-state index contributed by atoms with van der Waals surface area (Å²) >= 11 is 7.78. The van der Waals surface area contributed by atoms with Gasteiger partial charge in [-0.05, 0) is 99.9 Å². The van der Waals surface area contributed by atoms with Crippen LogP contribution in [0.4, 0.5) is 17.1 Å². The van der Waals surface area contributed by atoms with Crippen LogP contribution in [0.5, 0.6) is 0 Å². The van der Waals surface area contributed by atoms with Gasteiger partial charge in [0.05, 0.1) is 0 Å². The van der Waals surface area contributed by atoms with Crippen LogP contribution in [-0.4, -0.2) is 13.4 Å². The Balaban J connectivity index is 0.996. The van der Waals surface area contributed by atoms with Gasteiger partial charge in [0.15, 0.2) is 0 Å². The summed E-state index contributed by atoms with van der Waals surface area (Å²) in [6.07, 6.45) is 0. The second-order valence-corrected chi connectivity index (χ2v) is 20.3. The molecule has 0 N–H and O–H groups in total. The van der Waals surface area contributed by atoms with Crippen molar-refractivity contribution in [1.82, 2.24) is 0 Å². The molecule has 284 valence electrons. The van der Waals surface area contributed by atoms with Crippen LogP contribution in [0.25, 0.3) is 22.3 Å². The smallest absolute Gasteiger partial charge is 0.247 e. The van der Waals surface area contributed by atoms with E-state index in [4.69, 9.17) is 0 Å². The minimum atomic E-state index is 0.149. The van der Waals surface area contributed by atoms with Crippen molar-refractivity contribution < 1.29 is 0 Å². The molecule has 9 aromatic rings. The lowest BCUT2D eigenvalue weighted by atomic mass is 9.33. The monoisotopic (exact) mass is 845 g/mol. The van der Waals surface area contributed by atoms with Crippen molar-refractivity contribution in [3.05, 3.63) is 200 Å². The number of rotatable bonds is 5. The number of fused-ring (bicyclic) bond motifs is 8. The molecule has 4 heterocycles. The Labute approximate surface area is 374 Å². The van der Waals surface area contributed by atoms with Crippen LogP contribution in [0.3, 0.4) is 0 Å². The van der Waals surface area contributed by atoms with Crippen molar-refractivity contribution in [3.63, 3.8) is 0 Å². The largest absolute Gasteiger partial charge is 0.310 e. The van der Waals surface area contributed by atoms with E-state index in [9.17, 15) is 0 Å². The van der Waals surface area contributed by atoms with Crippen LogP contribution < -0.4 is 37.7 Å². The molecule has 0 saturated carbocycles. The number of anilines is 3. The number of hydrogen-bond acceptors (Lipinski definition) is 5. The van der Waals surface area contributed by atoms with Gasteiger partial charge in [0.1, 0.15) is 0 Å². The first-order valence-electron chi connectivity index (χ1n) is 20.7. The molecule has 0 saturated heterocycles. The number of benzene rings is 9. The molecule has 0 bridgehead atoms. The lowest BCUT2D eigenvalue weighted by Gasteiger charge is -2.37. The minimum Gasteiger partial charge on any atom is -0.310 e. The first-order valence-corrected chi connectivity index (χ1v) is 24.0. The van der Waals surface area contributed by atoms with Crippen LogP contribution in [0, 0.1) is 0 Å². The van der Waals surface area contributed by atoms with Crippen molar-refractivity contribution >= 4 is 110 Å². The predicted octanol–water partition coefficient (Wildman–Crippen LogP) is 11.4. The van der Waals surface area contributed by atoms with Gasteiger partial charge < -0.3 is 4.90 Å². The molecule has 0 fully saturated rings. The lowest BCUT2D eigenvalue weighted by molar-refractivity contribution is 1.23. The minimum absolute atomic E-state index is 0.149. The van der Waals surface area contributed by atoms with E-state index >= 15 is 0 Å². The number of hydrogen-bond donors (Lipinski definition) is 0. The molecule has 1 nitrogen and oxygen atoms in total. The van der Waals surface area contributed by atoms with E-state index in [1.54, 1.807) is 0 Å². The molecule has 0 aliphatic carbocycles. The average Bonchev–Trinajstić information content (AvgIpc) is 3.31. The molecule has 61 heavy (non-hydrogen) atoms. The molecule has 4 aliphatic heterocycles. The van der Waals surface area contributed by atoms with Gasteiger partial charge in [-0.15, -0.1) is 0 Å². The van der Waals surface area contributed by atoms with Crippen LogP contribution in [0.1, 0.15) is 0 Å². The summed E-state index contributed by atoms with van der Waals surface area (Å²) < 4.78 is 0. The maximum absolute atomic E-state index is 2.62. The maximum Gasteiger partial charge on any atom is 0.247 e. The number of para-hydroxylation sites is 2. The third-order valence-electron chi connectivity index (χ3n) is 12.5. The van der Waals surface area contributed by atoms with Crippen LogP contribution in [-0.2, 0) is 0 Å². The molecule has 0 amide bonds. The fourth-order valence-corrected chi connectivity index (χ4v) is 14.9. The van der Waals surface area contributed by atoms with Crippen molar-refractivity contribution in [3.8, 4) is 22.3 Å². The van der Waals surface area contributed by atoms with Crippen molar-refractivity contribution in [1.29, 1.82) is 0 Å². The Hall–Kier alpha value is -5.69. The third kappa shape index (κ3) is 5.86. The summed E-state index contributed by atoms with van der Waals surface area (Å²) in [4.78, 5) is 13.2. The first kappa shape index (κ1) is 36.0. The molecule has 9 aromatic carbocycles. The van der Waals surface area contributed by atoms with Gasteiger partial charge in [0, 0.05) is 56.2 Å². The Morgan fingerprint density at radius 1 is 0.279 bits per heavy atom. The van der Waals surface area contributed by atoms with Gasteiger partial charge in [-0.25, -0.2) is 0 Å². The van der Waals surface area contributed by atoms with Gasteiger partial charge in [0.2, 0.25) is 13.4 Å². The van der Waals surface area contributed by atoms with Gasteiger partial charge in [-0.3, -0.25) is 0 Å². The van der Waals surface area contributed by atoms with E-state index in [2.05, 4.69) is 205 Å². The maximum atomic E-state index is 2.62. The van der Waals surface area contributed by atoms with E-state index in [-0.39, 0.29) is 13.4 Å². The van der Waals surface area contributed by atoms with Crippen molar-refractivity contribution in [2.75, 3.05) is 4.90 Å². The quantitative estimate of drug-likeness (QED) is 0.158. The highest BCUT2D eigenvalue weighted by Crippen LogP contribution is 2.47. The van der Waals surface area contributed by atoms with E-state index in [1.165, 1.54) is 99.9 Å². The molecule has 0 unspecified atom stereocenters. The van der Waals surface area contributed by atoms with Crippen LogP contribution in [0.2, 0.25) is 0 Å². The van der Waals surface area contributed by atoms with Crippen molar-refractivity contribution in [2.24, 2.45) is 0 Å². The lowest BCUT2D eigenvalue weighted by Crippen LogP contribution is -2.62. The van der Waals surface area contributed by atoms with Crippen LogP contribution >= 0.6 is 47.0 Å². The average molecular weight is 846 g/mol. The normalized spacial score (nSPS) is 13.6. The molecular formula is C54H33B2NS4. The molecule has 7 heteroatoms. The summed E-state index contributed by atoms with van der Waals surface area (Å²) in [6.45, 7) is 0.310. The fraction of sp³-hybridized carbons (Fsp3) is 0. The summed E-state index contributed by atoms with van der Waals surface area (Å²) in [5.41, 5.74) is 17.1. The summed E-state index contributed by atoms with van der Waals surface area (Å²) in [6, 6.07) is 74.6. The van der Waals surface area contributed by atoms with E-state index < -0.39 is 0 Å². The van der Waals surface area contributed by atoms with Gasteiger partial charge in [-0.1, -0.05) is 202 Å². The SMILES string of the molecule is c1ccc(-c2ccccc2-c2cc3c4c(c2)Sc2cc5c(cc2B4c2ccccc2S3)B2c3ccccc3Sc3cc(N(c4ccccc4)c4ccccc4)cc(c32)S5)cc1. The highest BCUT2D eigenvalue weighted by molar-refractivity contribution is 8.02. The Bertz CT molecular complexity index is 3190. The second kappa shape index (κ2) is 14.5. The molecule has 0 spiro atoms. The molecule has 4 aliphatic rings. The van der Waals surface area contributed by atoms with E-state index in [1.807, 2.05) is 47.0 Å². The molecular weight excluding hydrogens is 812 g/mol. The topological polar surface area (TPSA) is 3.24 Å². The second-order valence-electron chi connectivity index (χ2n) is 15.9. The summed E-state index contributed by atoms with van der Waals surface area (Å²) in [5, 5.41) is 0. The number of nitrogens with zero attached hydrogens (tertiary/aromatic N) is 1. The summed E-state index contributed by atoms with van der Waals surface area (Å²) in [7, 11) is 0. The third-order valence-corrected chi connectivity index (χ3v) is 17.0. The Kier molecular flexibility index (Phi) is 8.54. The molecule has 0 atom stereocenters. The van der Waals surface area contributed by atoms with E-state index in [0.29, 0.717) is 0 Å². The van der Waals surface area contributed by atoms with Gasteiger partial charge in [-0.2, -0.15) is 0 Å². The summed E-state index contributed by atoms with van der Waals surface area (Å²) in [5.74, 6) is 0. The molecule has 13 rings (SSSR count). The zero-order valence-corrected chi connectivity index (χ0v) is 36.1. The molecule has 0 radical (unpaired) electrons. The Morgan fingerprint density at radius 3 is 1.21 bits per heavy atom. The first-order chi connectivity index (χ1) is 30.2. The van der Waals surface area contributed by atoms with Gasteiger partial charge >= 0.3 is 0 Å². The Morgan fingerprint density at radius 2 is 0.689 bits per heavy atom. The highest BCUT2D eigenvalue weighted by Gasteiger charge is 2.43. The molecule has 0 aromatic heterocycles. The fourth-order valence-electron chi connectivity index (χ4n) is 9.86. The predicted molar refractivity (Wildman–Crippen MR) is 264 cm³/mol.